The molecule has 8 heteroatoms. The highest BCUT2D eigenvalue weighted by molar-refractivity contribution is 6.30. The first kappa shape index (κ1) is 28.2. The summed E-state index contributed by atoms with van der Waals surface area (Å²) in [7, 11) is 3.33. The number of rotatable bonds is 8. The fourth-order valence-corrected chi connectivity index (χ4v) is 5.14. The van der Waals surface area contributed by atoms with Crippen molar-refractivity contribution in [2.24, 2.45) is 0 Å². The Morgan fingerprint density at radius 3 is 2.37 bits per heavy atom. The van der Waals surface area contributed by atoms with E-state index < -0.39 is 6.04 Å². The Kier molecular flexibility index (Phi) is 8.26. The van der Waals surface area contributed by atoms with Gasteiger partial charge in [-0.15, -0.1) is 0 Å². The molecule has 210 valence electrons. The van der Waals surface area contributed by atoms with Crippen molar-refractivity contribution < 1.29 is 19.1 Å². The molecule has 41 heavy (non-hydrogen) atoms. The van der Waals surface area contributed by atoms with Gasteiger partial charge in [-0.3, -0.25) is 14.6 Å². The van der Waals surface area contributed by atoms with Crippen LogP contribution in [0.3, 0.4) is 0 Å². The number of anilines is 2. The van der Waals surface area contributed by atoms with Crippen molar-refractivity contribution in [2.75, 3.05) is 24.0 Å². The standard InChI is InChI=1S/C33H32ClN3O4/c1-5-21(2)41-30-20-28-24(18-29(30)40-4)19-31(38)37(32(28)22-6-10-25(34)11-7-22)27-12-8-23(9-13-27)33(39)36(3)26-14-16-35-17-15-26/h6-18,20-21,32H,5,19H2,1-4H3. The lowest BCUT2D eigenvalue weighted by Gasteiger charge is -2.38. The first-order valence-electron chi connectivity index (χ1n) is 13.5. The van der Waals surface area contributed by atoms with Crippen LogP contribution in [0.4, 0.5) is 11.4 Å². The SMILES string of the molecule is CCC(C)Oc1cc2c(cc1OC)CC(=O)N(c1ccc(C(=O)N(C)c3ccncc3)cc1)C2c1ccc(Cl)cc1. The Hall–Kier alpha value is -4.36. The Balaban J connectivity index is 1.56. The molecule has 4 aromatic rings. The van der Waals surface area contributed by atoms with Gasteiger partial charge < -0.3 is 19.3 Å². The van der Waals surface area contributed by atoms with E-state index in [1.807, 2.05) is 55.5 Å². The zero-order valence-electron chi connectivity index (χ0n) is 23.5. The van der Waals surface area contributed by atoms with E-state index >= 15 is 0 Å². The Labute approximate surface area is 245 Å². The second kappa shape index (κ2) is 12.0. The fourth-order valence-electron chi connectivity index (χ4n) is 5.02. The summed E-state index contributed by atoms with van der Waals surface area (Å²) in [6, 6.07) is 21.7. The van der Waals surface area contributed by atoms with Crippen molar-refractivity contribution >= 4 is 34.8 Å². The molecular formula is C33H32ClN3O4. The van der Waals surface area contributed by atoms with Crippen LogP contribution >= 0.6 is 11.6 Å². The molecule has 0 fully saturated rings. The Bertz CT molecular complexity index is 1540. The smallest absolute Gasteiger partial charge is 0.258 e. The van der Waals surface area contributed by atoms with Crippen molar-refractivity contribution in [3.63, 3.8) is 0 Å². The van der Waals surface area contributed by atoms with Gasteiger partial charge in [0.2, 0.25) is 5.91 Å². The van der Waals surface area contributed by atoms with E-state index in [1.165, 1.54) is 0 Å². The van der Waals surface area contributed by atoms with Crippen LogP contribution < -0.4 is 19.3 Å². The monoisotopic (exact) mass is 569 g/mol. The third-order valence-electron chi connectivity index (χ3n) is 7.42. The molecule has 2 heterocycles. The minimum atomic E-state index is -0.435. The quantitative estimate of drug-likeness (QED) is 0.231. The molecule has 3 aromatic carbocycles. The molecular weight excluding hydrogens is 538 g/mol. The summed E-state index contributed by atoms with van der Waals surface area (Å²) in [5.41, 5.74) is 4.67. The highest BCUT2D eigenvalue weighted by Gasteiger charge is 2.36. The lowest BCUT2D eigenvalue weighted by Crippen LogP contribution is -2.41. The highest BCUT2D eigenvalue weighted by atomic mass is 35.5. The summed E-state index contributed by atoms with van der Waals surface area (Å²) in [5, 5.41) is 0.611. The summed E-state index contributed by atoms with van der Waals surface area (Å²) in [5.74, 6) is 1.00. The second-order valence-electron chi connectivity index (χ2n) is 10.0. The van der Waals surface area contributed by atoms with Crippen molar-refractivity contribution in [1.29, 1.82) is 0 Å². The van der Waals surface area contributed by atoms with Crippen molar-refractivity contribution in [1.82, 2.24) is 4.98 Å². The number of ether oxygens (including phenoxy) is 2. The maximum absolute atomic E-state index is 13.8. The third-order valence-corrected chi connectivity index (χ3v) is 7.68. The van der Waals surface area contributed by atoms with Gasteiger partial charge in [0, 0.05) is 41.4 Å². The van der Waals surface area contributed by atoms with E-state index in [-0.39, 0.29) is 24.3 Å². The number of halogens is 1. The number of benzene rings is 3. The number of aromatic nitrogens is 1. The lowest BCUT2D eigenvalue weighted by molar-refractivity contribution is -0.118. The van der Waals surface area contributed by atoms with Crippen LogP contribution in [-0.4, -0.2) is 37.1 Å². The van der Waals surface area contributed by atoms with E-state index in [0.29, 0.717) is 27.8 Å². The van der Waals surface area contributed by atoms with Crippen molar-refractivity contribution in [3.8, 4) is 11.5 Å². The van der Waals surface area contributed by atoms with E-state index in [2.05, 4.69) is 11.9 Å². The minimum Gasteiger partial charge on any atom is -0.493 e. The zero-order chi connectivity index (χ0) is 29.1. The number of fused-ring (bicyclic) bond motifs is 1. The van der Waals surface area contributed by atoms with Gasteiger partial charge in [0.25, 0.3) is 5.91 Å². The molecule has 1 aromatic heterocycles. The fraction of sp³-hybridized carbons (Fsp3) is 0.242. The maximum Gasteiger partial charge on any atom is 0.258 e. The normalized spacial score (nSPS) is 15.2. The van der Waals surface area contributed by atoms with E-state index in [1.54, 1.807) is 60.6 Å². The molecule has 0 spiro atoms. The van der Waals surface area contributed by atoms with Gasteiger partial charge in [-0.2, -0.15) is 0 Å². The predicted molar refractivity (Wildman–Crippen MR) is 161 cm³/mol. The summed E-state index contributed by atoms with van der Waals surface area (Å²) >= 11 is 6.23. The van der Waals surface area contributed by atoms with E-state index in [9.17, 15) is 9.59 Å². The molecule has 0 aliphatic carbocycles. The number of methoxy groups -OCH3 is 1. The molecule has 0 N–H and O–H groups in total. The van der Waals surface area contributed by atoms with Gasteiger partial charge in [0.15, 0.2) is 11.5 Å². The van der Waals surface area contributed by atoms with Crippen LogP contribution in [0.5, 0.6) is 11.5 Å². The number of carbonyl (C=O) groups excluding carboxylic acids is 2. The van der Waals surface area contributed by atoms with Crippen molar-refractivity contribution in [2.45, 2.75) is 38.8 Å². The topological polar surface area (TPSA) is 72.0 Å². The average Bonchev–Trinajstić information content (AvgIpc) is 3.00. The third kappa shape index (κ3) is 5.77. The largest absolute Gasteiger partial charge is 0.493 e. The number of pyridine rings is 1. The molecule has 0 saturated carbocycles. The molecule has 2 atom stereocenters. The van der Waals surface area contributed by atoms with Crippen LogP contribution in [0.2, 0.25) is 5.02 Å². The van der Waals surface area contributed by atoms with Gasteiger partial charge in [-0.1, -0.05) is 30.7 Å². The van der Waals surface area contributed by atoms with Crippen LogP contribution in [-0.2, 0) is 11.2 Å². The predicted octanol–water partition coefficient (Wildman–Crippen LogP) is 6.88. The summed E-state index contributed by atoms with van der Waals surface area (Å²) < 4.78 is 11.9. The van der Waals surface area contributed by atoms with Crippen LogP contribution in [0.25, 0.3) is 0 Å². The van der Waals surface area contributed by atoms with Gasteiger partial charge in [-0.05, 0) is 90.7 Å². The van der Waals surface area contributed by atoms with Crippen LogP contribution in [0.15, 0.2) is 85.2 Å². The van der Waals surface area contributed by atoms with Gasteiger partial charge in [0.05, 0.1) is 25.7 Å². The van der Waals surface area contributed by atoms with Crippen LogP contribution in [0.1, 0.15) is 53.4 Å². The first-order chi connectivity index (χ1) is 19.8. The molecule has 1 aliphatic rings. The first-order valence-corrected chi connectivity index (χ1v) is 13.9. The average molecular weight is 570 g/mol. The molecule has 2 unspecified atom stereocenters. The summed E-state index contributed by atoms with van der Waals surface area (Å²) in [4.78, 5) is 34.3. The number of nitrogens with zero attached hydrogens (tertiary/aromatic N) is 3. The zero-order valence-corrected chi connectivity index (χ0v) is 24.3. The van der Waals surface area contributed by atoms with E-state index in [4.69, 9.17) is 21.1 Å². The molecule has 0 radical (unpaired) electrons. The van der Waals surface area contributed by atoms with Crippen molar-refractivity contribution in [3.05, 3.63) is 112 Å². The van der Waals surface area contributed by atoms with E-state index in [0.717, 1.165) is 28.8 Å². The molecule has 5 rings (SSSR count). The maximum atomic E-state index is 13.8. The number of amides is 2. The van der Waals surface area contributed by atoms with Gasteiger partial charge in [0.1, 0.15) is 0 Å². The second-order valence-corrected chi connectivity index (χ2v) is 10.5. The highest BCUT2D eigenvalue weighted by Crippen LogP contribution is 2.44. The Morgan fingerprint density at radius 2 is 1.73 bits per heavy atom. The number of carbonyl (C=O) groups is 2. The Morgan fingerprint density at radius 1 is 1.05 bits per heavy atom. The number of hydrogen-bond acceptors (Lipinski definition) is 5. The number of hydrogen-bond donors (Lipinski definition) is 0. The van der Waals surface area contributed by atoms with Gasteiger partial charge >= 0.3 is 0 Å². The minimum absolute atomic E-state index is 0.00683. The molecule has 1 aliphatic heterocycles. The van der Waals surface area contributed by atoms with Crippen LogP contribution in [0, 0.1) is 0 Å². The molecule has 2 amide bonds. The molecule has 0 bridgehead atoms. The molecule has 7 nitrogen and oxygen atoms in total. The molecule has 0 saturated heterocycles. The van der Waals surface area contributed by atoms with Gasteiger partial charge in [-0.25, -0.2) is 0 Å². The summed E-state index contributed by atoms with van der Waals surface area (Å²) in [6.45, 7) is 4.08. The summed E-state index contributed by atoms with van der Waals surface area (Å²) in [6.07, 6.45) is 4.33. The lowest BCUT2D eigenvalue weighted by atomic mass is 9.86.